The summed E-state index contributed by atoms with van der Waals surface area (Å²) in [5.41, 5.74) is 1.58. The number of pyridine rings is 7. The van der Waals surface area contributed by atoms with E-state index in [9.17, 15) is 19.2 Å². The molecule has 3 aliphatic heterocycles. The molecule has 27 nitrogen and oxygen atoms in total. The van der Waals surface area contributed by atoms with Crippen molar-refractivity contribution >= 4 is 315 Å². The first-order valence-corrected chi connectivity index (χ1v) is 52.6. The van der Waals surface area contributed by atoms with Crippen LogP contribution in [0.15, 0.2) is 174 Å². The zero-order valence-corrected chi connectivity index (χ0v) is 96.5. The van der Waals surface area contributed by atoms with Gasteiger partial charge >= 0.3 is 53.2 Å². The van der Waals surface area contributed by atoms with E-state index in [1.165, 1.54) is 20.7 Å². The normalized spacial score (nSPS) is 15.3. The van der Waals surface area contributed by atoms with Crippen LogP contribution in [0.3, 0.4) is 0 Å². The van der Waals surface area contributed by atoms with Gasteiger partial charge in [-0.05, 0) is 294 Å². The lowest BCUT2D eigenvalue weighted by molar-refractivity contribution is 0.00578. The number of nitrogens with zero attached hydrogens (tertiary/aromatic N) is 11. The van der Waals surface area contributed by atoms with Gasteiger partial charge in [-0.1, -0.05) is 206 Å². The summed E-state index contributed by atoms with van der Waals surface area (Å²) in [5.74, 6) is 0.0997. The smallest absolute Gasteiger partial charge is 0.524 e. The van der Waals surface area contributed by atoms with E-state index >= 15 is 0 Å². The summed E-state index contributed by atoms with van der Waals surface area (Å²) < 4.78 is 72.7. The Balaban J connectivity index is 0.000000319. The van der Waals surface area contributed by atoms with Crippen LogP contribution in [-0.4, -0.2) is 177 Å². The molecule has 0 aliphatic carbocycles. The fourth-order valence-corrected chi connectivity index (χ4v) is 11.9. The number of aromatic nitrogens is 11. The number of rotatable bonds is 6. The Morgan fingerprint density at radius 2 is 0.750 bits per heavy atom. The van der Waals surface area contributed by atoms with Crippen molar-refractivity contribution in [1.82, 2.24) is 53.2 Å². The Kier molecular flexibility index (Phi) is 46.8. The molecule has 1 N–H and O–H groups in total. The predicted molar refractivity (Wildman–Crippen MR) is 591 cm³/mol. The van der Waals surface area contributed by atoms with E-state index in [2.05, 4.69) is 254 Å². The Bertz CT molecular complexity index is 5270. The summed E-state index contributed by atoms with van der Waals surface area (Å²) >= 11 is 24.9. The van der Waals surface area contributed by atoms with Crippen LogP contribution in [0.4, 0.5) is 19.2 Å². The number of carbonyl (C=O) groups excluding carboxylic acids is 4. The van der Waals surface area contributed by atoms with Gasteiger partial charge in [-0.3, -0.25) is 9.97 Å². The van der Waals surface area contributed by atoms with E-state index in [1.54, 1.807) is 94.9 Å². The number of fused-ring (bicyclic) bond motifs is 4. The molecule has 1 radical (unpaired) electrons. The van der Waals surface area contributed by atoms with Crippen molar-refractivity contribution < 1.29 is 75.7 Å². The van der Waals surface area contributed by atoms with Crippen molar-refractivity contribution in [3.05, 3.63) is 174 Å². The molecule has 3 aliphatic rings. The van der Waals surface area contributed by atoms with Gasteiger partial charge in [0.05, 0.1) is 49.4 Å². The van der Waals surface area contributed by atoms with Crippen LogP contribution in [0.5, 0.6) is 5.88 Å². The summed E-state index contributed by atoms with van der Waals surface area (Å²) in [4.78, 5) is 80.9. The molecular weight excluding hydrogens is 2670 g/mol. The number of carbonyl (C=O) groups is 4. The average molecular weight is 2790 g/mol. The molecule has 0 amide bonds. The van der Waals surface area contributed by atoms with Crippen LogP contribution < -0.4 is 10.1 Å². The van der Waals surface area contributed by atoms with Gasteiger partial charge in [-0.15, -0.1) is 0 Å². The molecule has 128 heavy (non-hydrogen) atoms. The second kappa shape index (κ2) is 51.2. The molecule has 3 fully saturated rings. The van der Waals surface area contributed by atoms with Crippen LogP contribution in [0.25, 0.3) is 66.6 Å². The van der Waals surface area contributed by atoms with E-state index < -0.39 is 79.1 Å². The lowest BCUT2D eigenvalue weighted by Gasteiger charge is -2.32. The van der Waals surface area contributed by atoms with Crippen molar-refractivity contribution in [2.45, 2.75) is 238 Å². The Morgan fingerprint density at radius 1 is 0.438 bits per heavy atom. The molecule has 14 rings (SSSR count). The highest BCUT2D eigenvalue weighted by atomic mass is 127. The van der Waals surface area contributed by atoms with E-state index in [0.29, 0.717) is 35.7 Å². The van der Waals surface area contributed by atoms with Crippen LogP contribution in [0.2, 0.25) is 0 Å². The van der Waals surface area contributed by atoms with Gasteiger partial charge in [0.2, 0.25) is 0 Å². The van der Waals surface area contributed by atoms with Crippen molar-refractivity contribution in [2.24, 2.45) is 0 Å². The van der Waals surface area contributed by atoms with Crippen molar-refractivity contribution in [3.8, 4) is 28.4 Å². The van der Waals surface area contributed by atoms with Crippen LogP contribution in [0.1, 0.15) is 181 Å². The van der Waals surface area contributed by atoms with Crippen LogP contribution >= 0.6 is 213 Å². The summed E-state index contributed by atoms with van der Waals surface area (Å²) in [6, 6.07) is 31.5. The largest absolute Gasteiger partial charge is 0.570 e. The quantitative estimate of drug-likeness (QED) is 0.0531. The van der Waals surface area contributed by atoms with E-state index in [-0.39, 0.29) is 35.7 Å². The second-order valence-corrected chi connectivity index (χ2v) is 57.8. The molecule has 0 atom stereocenters. The first-order valence-electron chi connectivity index (χ1n) is 39.6. The topological polar surface area (TPSA) is 300 Å². The van der Waals surface area contributed by atoms with Gasteiger partial charge in [0.15, 0.2) is 17.2 Å². The molecule has 0 aromatic carbocycles. The number of halogens is 10. The lowest BCUT2D eigenvalue weighted by Crippen LogP contribution is -2.41. The minimum Gasteiger partial charge on any atom is -0.524 e. The Hall–Kier alpha value is -3.33. The first kappa shape index (κ1) is 117. The lowest BCUT2D eigenvalue weighted by atomic mass is 9.49. The van der Waals surface area contributed by atoms with Crippen molar-refractivity contribution in [2.75, 3.05) is 7.36 Å². The zero-order valence-electron chi connectivity index (χ0n) is 76.0. The third-order valence-corrected chi connectivity index (χ3v) is 19.9. The molecule has 11 aromatic heterocycles. The van der Waals surface area contributed by atoms with Gasteiger partial charge in [-0.25, -0.2) is 57.8 Å². The number of ether oxygens (including phenoxy) is 4. The molecule has 11 aromatic rings. The monoisotopic (exact) mass is 2790 g/mol. The molecule has 0 bridgehead atoms. The summed E-state index contributed by atoms with van der Waals surface area (Å²) in [5, 5.41) is 12.2. The number of hydrogen-bond donors (Lipinski definition) is 1. The fourth-order valence-electron chi connectivity index (χ4n) is 11.2. The van der Waals surface area contributed by atoms with Crippen molar-refractivity contribution in [1.29, 1.82) is 0 Å². The third kappa shape index (κ3) is 35.0. The minimum atomic E-state index is -0.688. The van der Waals surface area contributed by atoms with Crippen molar-refractivity contribution in [3.63, 3.8) is 0 Å². The fraction of sp³-hybridized carbons (Fsp3) is 0.460. The third-order valence-electron chi connectivity index (χ3n) is 18.7. The molecule has 0 unspecified atom stereocenters. The van der Waals surface area contributed by atoms with Gasteiger partial charge in [-0.2, -0.15) is 4.57 Å². The molecule has 41 heteroatoms. The molecule has 3 saturated heterocycles. The predicted octanol–water partition coefficient (Wildman–Crippen LogP) is 25.7. The summed E-state index contributed by atoms with van der Waals surface area (Å²) in [7, 11) is -0.952. The maximum atomic E-state index is 12.6. The maximum Gasteiger partial charge on any atom is 0.570 e. The van der Waals surface area contributed by atoms with Gasteiger partial charge < -0.3 is 56.6 Å². The highest BCUT2D eigenvalue weighted by Gasteiger charge is 2.64. The highest BCUT2D eigenvalue weighted by molar-refractivity contribution is 14.3. The minimum absolute atomic E-state index is 0. The second-order valence-electron chi connectivity index (χ2n) is 34.7. The molecule has 695 valence electrons. The van der Waals surface area contributed by atoms with E-state index in [0.717, 1.165) is 55.1 Å². The molecular formula is C87H114B4Br2I8N11O16. The first-order chi connectivity index (χ1) is 58.8. The van der Waals surface area contributed by atoms with E-state index in [1.807, 2.05) is 241 Å². The highest BCUT2D eigenvalue weighted by Crippen LogP contribution is 2.44. The number of hydrogen-bond acceptors (Lipinski definition) is 23. The SMILES string of the molecule is Brc1ccccn1.C.CC(C)(C)OC(=O)n1c(O[B]O)cc2c(-c3ccccn3)ccnc21.CC(C)(C)OC(=O)n1ccc2c(-c3ccccn3)ccnc21.CC(C)(C)OC(=O)n1ccc2c(B3OC(C)(C)C(C)(C)O3)ccnc21.CC(C)(C)OC(=O)n1ccc2c(Br)ccnc21.CC(I)I.CC1(C)OB(B2OC(C)(C)C(C)(C)O2)OC1(C)C.CI.IC(I)I.ICI. The van der Waals surface area contributed by atoms with Crippen LogP contribution in [-0.2, 0) is 46.9 Å². The average Bonchev–Trinajstić information content (AvgIpc) is 1.59. The van der Waals surface area contributed by atoms with Gasteiger partial charge in [0, 0.05) is 105 Å². The zero-order chi connectivity index (χ0) is 96.0. The summed E-state index contributed by atoms with van der Waals surface area (Å²) in [6.07, 6.45) is 14.8. The summed E-state index contributed by atoms with van der Waals surface area (Å²) in [6.45, 7) is 48.2. The maximum absolute atomic E-state index is 12.6. The van der Waals surface area contributed by atoms with Gasteiger partial charge in [0.1, 0.15) is 38.2 Å². The molecule has 0 saturated carbocycles. The van der Waals surface area contributed by atoms with Crippen LogP contribution in [0, 0.1) is 0 Å². The standard InChI is InChI=1S/C18H25BN2O4.C17H17BN3O4.C17H17N3O2.C12H24B2O4.C12H13BrN2O2.C5H4BrN.C2H4I2.CHI3.CH2I2.CH3I.CH4/c1-16(2,3)23-15(22)21-11-9-12-13(8-10-20-14(12)21)19-24-17(4,5)18(6,7)25-19;1-17(2,3)24-16(22)21-14(25-18-23)10-12-11(7-9-20-15(12)21)13-6-4-5-8-19-13;1-17(2,3)22-16(21)20-11-8-13-12(7-10-19-15(13)20)14-6-4-5-9-18-14;1-9(2)10(3,4)16-13(15-9)14-17-11(5,6)12(7,8)18-14;1-12(2,3)17-11(16)15-7-5-8-9(13)4-6-14-10(8)15;6-5-3-1-2-4-7-5;1-2(3)4;2-1(3)4;2-1-3;1-2;/h8-11H,1-7H3;4-10,23H,1-3H3;4-11H,1-3H3;1-8H3;4-7H,1-3H3;1-4H;2H,1H3;1H;1H2;1H3;1H4. The Morgan fingerprint density at radius 3 is 1.09 bits per heavy atom. The number of alkyl halides is 8. The Labute approximate surface area is 881 Å². The van der Waals surface area contributed by atoms with Gasteiger partial charge in [0.25, 0.3) is 0 Å². The molecule has 14 heterocycles. The molecule has 0 spiro atoms. The van der Waals surface area contributed by atoms with E-state index in [4.69, 9.17) is 56.6 Å².